The van der Waals surface area contributed by atoms with Gasteiger partial charge in [0.25, 0.3) is 0 Å². The second-order valence-corrected chi connectivity index (χ2v) is 4.73. The molecule has 0 atom stereocenters. The van der Waals surface area contributed by atoms with Crippen molar-refractivity contribution in [2.24, 2.45) is 0 Å². The monoisotopic (exact) mass is 176 g/mol. The topological polar surface area (TPSA) is 17.1 Å². The van der Waals surface area contributed by atoms with Crippen LogP contribution in [-0.2, 0) is 4.79 Å². The van der Waals surface area contributed by atoms with Gasteiger partial charge >= 0.3 is 61.4 Å². The van der Waals surface area contributed by atoms with E-state index in [-0.39, 0.29) is 5.78 Å². The van der Waals surface area contributed by atoms with Gasteiger partial charge < -0.3 is 0 Å². The van der Waals surface area contributed by atoms with E-state index in [0.717, 1.165) is 4.07 Å². The van der Waals surface area contributed by atoms with Crippen LogP contribution < -0.4 is 0 Å². The molecule has 2 heteroatoms. The van der Waals surface area contributed by atoms with Gasteiger partial charge in [-0.25, -0.2) is 0 Å². The summed E-state index contributed by atoms with van der Waals surface area (Å²) in [6.07, 6.45) is 5.88. The first-order valence-corrected chi connectivity index (χ1v) is 5.47. The number of Topliss-reactive ketones (excluding diaryl/α,β-unsaturated/α-hetero) is 1. The Labute approximate surface area is 61.8 Å². The zero-order chi connectivity index (χ0) is 6.69. The number of rotatable bonds is 1. The molecule has 1 rings (SSSR count). The van der Waals surface area contributed by atoms with Crippen LogP contribution in [0, 0.1) is 0 Å². The predicted octanol–water partition coefficient (Wildman–Crippen LogP) is 0.536. The van der Waals surface area contributed by atoms with Crippen molar-refractivity contribution in [3.05, 3.63) is 22.9 Å². The zero-order valence-corrected chi connectivity index (χ0v) is 7.72. The Morgan fingerprint density at radius 1 is 1.56 bits per heavy atom. The molecule has 0 amide bonds. The minimum atomic E-state index is -0.466. The van der Waals surface area contributed by atoms with Crippen LogP contribution in [0.15, 0.2) is 22.9 Å². The summed E-state index contributed by atoms with van der Waals surface area (Å²) in [5.74, 6) is 0.246. The molecule has 44 valence electrons. The van der Waals surface area contributed by atoms with E-state index in [0.29, 0.717) is 0 Å². The Hall–Kier alpha value is -0.344. The summed E-state index contributed by atoms with van der Waals surface area (Å²) in [6, 6.07) is 0. The van der Waals surface area contributed by atoms with E-state index in [1.165, 1.54) is 0 Å². The average Bonchev–Trinajstić information content (AvgIpc) is 1.90. The molecule has 0 aromatic carbocycles. The maximum atomic E-state index is 10.7. The van der Waals surface area contributed by atoms with E-state index in [1.807, 2.05) is 18.2 Å². The maximum absolute atomic E-state index is 10.7. The van der Waals surface area contributed by atoms with Crippen LogP contribution in [0.1, 0.15) is 6.92 Å². The molecule has 9 heavy (non-hydrogen) atoms. The Balaban J connectivity index is 2.84. The summed E-state index contributed by atoms with van der Waals surface area (Å²) < 4.78 is 3.20. The first kappa shape index (κ1) is 6.77. The van der Waals surface area contributed by atoms with Crippen molar-refractivity contribution >= 4 is 26.8 Å². The number of allylic oxidation sites excluding steroid dienone is 3. The molecular weight excluding hydrogens is 170 g/mol. The molecule has 1 nitrogen and oxygen atoms in total. The van der Waals surface area contributed by atoms with E-state index >= 15 is 0 Å². The fourth-order valence-electron chi connectivity index (χ4n) is 0.673. The molecular formula is C7H7GaO. The third-order valence-electron chi connectivity index (χ3n) is 1.18. The van der Waals surface area contributed by atoms with E-state index in [4.69, 9.17) is 0 Å². The van der Waals surface area contributed by atoms with E-state index < -0.39 is 17.0 Å². The molecule has 0 spiro atoms. The van der Waals surface area contributed by atoms with Gasteiger partial charge in [-0.2, -0.15) is 0 Å². The van der Waals surface area contributed by atoms with Gasteiger partial charge in [0.2, 0.25) is 0 Å². The molecule has 0 radical (unpaired) electrons. The van der Waals surface area contributed by atoms with Crippen LogP contribution in [0.2, 0.25) is 0 Å². The summed E-state index contributed by atoms with van der Waals surface area (Å²) in [6.45, 7) is 1.64. The summed E-state index contributed by atoms with van der Waals surface area (Å²) in [5.41, 5.74) is 0. The third-order valence-corrected chi connectivity index (χ3v) is 4.06. The van der Waals surface area contributed by atoms with Gasteiger partial charge in [0.1, 0.15) is 0 Å². The molecule has 0 aliphatic carbocycles. The van der Waals surface area contributed by atoms with Gasteiger partial charge in [0.05, 0.1) is 0 Å². The standard InChI is InChI=1S/C7H7O.Ga/c1-3-4-5-6-7(2)8;/h1,3-5H,2H3;. The van der Waals surface area contributed by atoms with Gasteiger partial charge in [-0.05, 0) is 0 Å². The Bertz CT molecular complexity index is 211. The first-order valence-electron chi connectivity index (χ1n) is 2.86. The van der Waals surface area contributed by atoms with Crippen LogP contribution in [0.25, 0.3) is 0 Å². The van der Waals surface area contributed by atoms with Crippen LogP contribution in [-0.4, -0.2) is 26.8 Å². The van der Waals surface area contributed by atoms with E-state index in [9.17, 15) is 4.79 Å². The van der Waals surface area contributed by atoms with E-state index in [2.05, 4.69) is 4.63 Å². The average molecular weight is 177 g/mol. The normalized spacial score (nSPS) is 14.6. The fourth-order valence-corrected chi connectivity index (χ4v) is 2.57. The minimum absolute atomic E-state index is 0.246. The molecule has 1 heterocycles. The second kappa shape index (κ2) is 2.99. The SMILES string of the molecule is CC(=O)[C]1=[Ga][CH]=CC=C1. The van der Waals surface area contributed by atoms with Crippen molar-refractivity contribution < 1.29 is 4.79 Å². The molecule has 0 N–H and O–H groups in total. The molecule has 0 unspecified atom stereocenters. The van der Waals surface area contributed by atoms with Crippen molar-refractivity contribution in [1.29, 1.82) is 0 Å². The molecule has 1 aliphatic heterocycles. The summed E-state index contributed by atoms with van der Waals surface area (Å²) in [5, 5.41) is 0. The Kier molecular flexibility index (Phi) is 2.25. The van der Waals surface area contributed by atoms with E-state index in [1.54, 1.807) is 6.92 Å². The molecule has 0 saturated heterocycles. The van der Waals surface area contributed by atoms with Crippen LogP contribution in [0.4, 0.5) is 0 Å². The number of carbonyl (C=O) groups is 1. The predicted molar refractivity (Wildman–Crippen MR) is 39.7 cm³/mol. The Morgan fingerprint density at radius 2 is 2.33 bits per heavy atom. The molecule has 0 saturated carbocycles. The first-order chi connectivity index (χ1) is 4.30. The number of hydrogen-bond donors (Lipinski definition) is 0. The van der Waals surface area contributed by atoms with Crippen molar-refractivity contribution in [1.82, 2.24) is 0 Å². The van der Waals surface area contributed by atoms with Gasteiger partial charge in [-0.15, -0.1) is 0 Å². The summed E-state index contributed by atoms with van der Waals surface area (Å²) >= 11 is -0.466. The quantitative estimate of drug-likeness (QED) is 0.534. The number of hydrogen-bond acceptors (Lipinski definition) is 1. The van der Waals surface area contributed by atoms with Crippen LogP contribution in [0.5, 0.6) is 0 Å². The second-order valence-electron chi connectivity index (χ2n) is 1.92. The molecule has 0 fully saturated rings. The van der Waals surface area contributed by atoms with Crippen LogP contribution in [0.3, 0.4) is 0 Å². The number of carbonyl (C=O) groups excluding carboxylic acids is 1. The van der Waals surface area contributed by atoms with Crippen molar-refractivity contribution in [3.8, 4) is 0 Å². The summed E-state index contributed by atoms with van der Waals surface area (Å²) in [7, 11) is 0. The zero-order valence-electron chi connectivity index (χ0n) is 5.29. The molecule has 0 aromatic heterocycles. The molecule has 1 aliphatic rings. The van der Waals surface area contributed by atoms with Crippen molar-refractivity contribution in [2.75, 3.05) is 0 Å². The van der Waals surface area contributed by atoms with Crippen molar-refractivity contribution in [2.45, 2.75) is 6.92 Å². The van der Waals surface area contributed by atoms with Gasteiger partial charge in [0, 0.05) is 0 Å². The van der Waals surface area contributed by atoms with Gasteiger partial charge in [0.15, 0.2) is 0 Å². The fraction of sp³-hybridized carbons (Fsp3) is 0.143. The molecule has 0 aromatic rings. The van der Waals surface area contributed by atoms with Gasteiger partial charge in [-0.1, -0.05) is 0 Å². The molecule has 0 bridgehead atoms. The van der Waals surface area contributed by atoms with Crippen molar-refractivity contribution in [3.63, 3.8) is 0 Å². The Morgan fingerprint density at radius 3 is 2.67 bits per heavy atom. The third kappa shape index (κ3) is 1.80. The summed E-state index contributed by atoms with van der Waals surface area (Å²) in [4.78, 5) is 10.7. The number of ketones is 1. The van der Waals surface area contributed by atoms with Gasteiger partial charge in [-0.3, -0.25) is 0 Å². The van der Waals surface area contributed by atoms with Crippen LogP contribution >= 0.6 is 0 Å².